The highest BCUT2D eigenvalue weighted by atomic mass is 16.5. The third-order valence-electron chi connectivity index (χ3n) is 4.07. The van der Waals surface area contributed by atoms with Gasteiger partial charge in [0.2, 0.25) is 5.95 Å². The fourth-order valence-corrected chi connectivity index (χ4v) is 2.88. The molecule has 0 spiro atoms. The van der Waals surface area contributed by atoms with E-state index in [0.29, 0.717) is 29.5 Å². The molecule has 2 amide bonds. The van der Waals surface area contributed by atoms with Gasteiger partial charge in [-0.05, 0) is 37.3 Å². The van der Waals surface area contributed by atoms with E-state index in [0.717, 1.165) is 11.0 Å². The number of hydrogen-bond donors (Lipinski definition) is 2. The molecule has 126 valence electrons. The molecule has 0 atom stereocenters. The Bertz CT molecular complexity index is 993. The first kappa shape index (κ1) is 15.2. The van der Waals surface area contributed by atoms with Crippen molar-refractivity contribution < 1.29 is 14.3 Å². The topological polar surface area (TPSA) is 85.2 Å². The molecule has 1 aliphatic rings. The lowest BCUT2D eigenvalue weighted by molar-refractivity contribution is -0.118. The molecule has 4 rings (SSSR count). The van der Waals surface area contributed by atoms with Gasteiger partial charge >= 0.3 is 0 Å². The van der Waals surface area contributed by atoms with Crippen LogP contribution in [0.4, 0.5) is 11.6 Å². The van der Waals surface area contributed by atoms with Crippen LogP contribution in [0.25, 0.3) is 11.0 Å². The van der Waals surface area contributed by atoms with Crippen molar-refractivity contribution in [3.05, 3.63) is 48.0 Å². The monoisotopic (exact) mass is 336 g/mol. The quantitative estimate of drug-likeness (QED) is 0.770. The van der Waals surface area contributed by atoms with Crippen LogP contribution in [0.3, 0.4) is 0 Å². The lowest BCUT2D eigenvalue weighted by Crippen LogP contribution is -2.25. The predicted molar refractivity (Wildman–Crippen MR) is 93.9 cm³/mol. The maximum Gasteiger partial charge on any atom is 0.262 e. The van der Waals surface area contributed by atoms with Crippen molar-refractivity contribution in [3.8, 4) is 5.75 Å². The average Bonchev–Trinajstić information content (AvgIpc) is 2.98. The summed E-state index contributed by atoms with van der Waals surface area (Å²) in [5.41, 5.74) is 2.80. The van der Waals surface area contributed by atoms with Gasteiger partial charge in [0.1, 0.15) is 5.75 Å². The second kappa shape index (κ2) is 5.94. The fourth-order valence-electron chi connectivity index (χ4n) is 2.88. The third kappa shape index (κ3) is 2.69. The van der Waals surface area contributed by atoms with Crippen LogP contribution >= 0.6 is 0 Å². The highest BCUT2D eigenvalue weighted by Gasteiger charge is 2.19. The Hall–Kier alpha value is -3.35. The zero-order chi connectivity index (χ0) is 17.4. The first-order chi connectivity index (χ1) is 12.2. The molecule has 0 aliphatic carbocycles. The summed E-state index contributed by atoms with van der Waals surface area (Å²) in [7, 11) is 0. The van der Waals surface area contributed by atoms with Crippen LogP contribution in [0.5, 0.6) is 5.75 Å². The van der Waals surface area contributed by atoms with Gasteiger partial charge in [0.25, 0.3) is 11.8 Å². The second-order valence-corrected chi connectivity index (χ2v) is 5.67. The zero-order valence-corrected chi connectivity index (χ0v) is 13.6. The van der Waals surface area contributed by atoms with Gasteiger partial charge in [-0.25, -0.2) is 4.98 Å². The maximum absolute atomic E-state index is 12.6. The second-order valence-electron chi connectivity index (χ2n) is 5.67. The molecular formula is C18H16N4O3. The van der Waals surface area contributed by atoms with Crippen LogP contribution in [0.1, 0.15) is 17.3 Å². The number of aromatic nitrogens is 2. The summed E-state index contributed by atoms with van der Waals surface area (Å²) >= 11 is 0. The number of anilines is 2. The van der Waals surface area contributed by atoms with E-state index in [4.69, 9.17) is 4.74 Å². The molecule has 0 saturated heterocycles. The number of nitrogens with zero attached hydrogens (tertiary/aromatic N) is 2. The normalized spacial score (nSPS) is 13.1. The molecular weight excluding hydrogens is 320 g/mol. The maximum atomic E-state index is 12.6. The van der Waals surface area contributed by atoms with Crippen LogP contribution < -0.4 is 15.4 Å². The minimum Gasteiger partial charge on any atom is -0.482 e. The number of imidazole rings is 1. The number of carbonyl (C=O) groups excluding carboxylic acids is 2. The van der Waals surface area contributed by atoms with Gasteiger partial charge in [0.05, 0.1) is 16.7 Å². The Morgan fingerprint density at radius 3 is 3.00 bits per heavy atom. The number of fused-ring (bicyclic) bond motifs is 2. The predicted octanol–water partition coefficient (Wildman–Crippen LogP) is 2.64. The number of amides is 2. The van der Waals surface area contributed by atoms with E-state index in [2.05, 4.69) is 15.6 Å². The molecule has 0 radical (unpaired) electrons. The van der Waals surface area contributed by atoms with Gasteiger partial charge in [-0.3, -0.25) is 14.9 Å². The van der Waals surface area contributed by atoms with Crippen LogP contribution in [-0.4, -0.2) is 28.0 Å². The summed E-state index contributed by atoms with van der Waals surface area (Å²) in [5, 5.41) is 5.55. The van der Waals surface area contributed by atoms with Crippen molar-refractivity contribution >= 4 is 34.5 Å². The van der Waals surface area contributed by atoms with E-state index < -0.39 is 0 Å². The number of nitrogens with one attached hydrogen (secondary N) is 2. The minimum atomic E-state index is -0.284. The molecule has 1 aliphatic heterocycles. The van der Waals surface area contributed by atoms with Crippen LogP contribution in [-0.2, 0) is 11.3 Å². The summed E-state index contributed by atoms with van der Waals surface area (Å²) in [6, 6.07) is 12.6. The van der Waals surface area contributed by atoms with Crippen LogP contribution in [0.15, 0.2) is 42.5 Å². The lowest BCUT2D eigenvalue weighted by atomic mass is 10.1. The Morgan fingerprint density at radius 2 is 2.16 bits per heavy atom. The number of rotatable bonds is 3. The SMILES string of the molecule is CCn1c(NC(=O)c2ccc3c(c2)OCC(=O)N3)nc2ccccc21. The number of aryl methyl sites for hydroxylation is 1. The number of ether oxygens (including phenoxy) is 1. The van der Waals surface area contributed by atoms with Gasteiger partial charge in [-0.2, -0.15) is 0 Å². The van der Waals surface area contributed by atoms with E-state index in [9.17, 15) is 9.59 Å². The van der Waals surface area contributed by atoms with Crippen molar-refractivity contribution in [3.63, 3.8) is 0 Å². The molecule has 2 N–H and O–H groups in total. The fraction of sp³-hybridized carbons (Fsp3) is 0.167. The summed E-state index contributed by atoms with van der Waals surface area (Å²) in [5.74, 6) is 0.492. The first-order valence-corrected chi connectivity index (χ1v) is 7.99. The van der Waals surface area contributed by atoms with E-state index in [1.165, 1.54) is 0 Å². The molecule has 1 aromatic heterocycles. The van der Waals surface area contributed by atoms with Crippen LogP contribution in [0, 0.1) is 0 Å². The van der Waals surface area contributed by atoms with E-state index in [1.807, 2.05) is 35.8 Å². The van der Waals surface area contributed by atoms with E-state index >= 15 is 0 Å². The standard InChI is InChI=1S/C18H16N4O3/c1-2-22-14-6-4-3-5-12(14)20-18(22)21-17(24)11-7-8-13-15(9-11)25-10-16(23)19-13/h3-9H,2,10H2,1H3,(H,19,23)(H,20,21,24). The van der Waals surface area contributed by atoms with E-state index in [-0.39, 0.29) is 18.4 Å². The number of hydrogen-bond acceptors (Lipinski definition) is 4. The van der Waals surface area contributed by atoms with Crippen LogP contribution in [0.2, 0.25) is 0 Å². The molecule has 3 aromatic rings. The lowest BCUT2D eigenvalue weighted by Gasteiger charge is -2.18. The molecule has 2 heterocycles. The van der Waals surface area contributed by atoms with E-state index in [1.54, 1.807) is 18.2 Å². The van der Waals surface area contributed by atoms with Crippen molar-refractivity contribution in [1.82, 2.24) is 9.55 Å². The smallest absolute Gasteiger partial charge is 0.262 e. The first-order valence-electron chi connectivity index (χ1n) is 7.99. The number of carbonyl (C=O) groups is 2. The summed E-state index contributed by atoms with van der Waals surface area (Å²) < 4.78 is 7.30. The summed E-state index contributed by atoms with van der Waals surface area (Å²) in [6.45, 7) is 2.64. The summed E-state index contributed by atoms with van der Waals surface area (Å²) in [6.07, 6.45) is 0. The molecule has 0 bridgehead atoms. The Kier molecular flexibility index (Phi) is 3.61. The number of benzene rings is 2. The summed E-state index contributed by atoms with van der Waals surface area (Å²) in [4.78, 5) is 28.4. The largest absolute Gasteiger partial charge is 0.482 e. The Balaban J connectivity index is 1.63. The van der Waals surface area contributed by atoms with Gasteiger partial charge in [-0.15, -0.1) is 0 Å². The third-order valence-corrected chi connectivity index (χ3v) is 4.07. The van der Waals surface area contributed by atoms with Gasteiger partial charge in [0, 0.05) is 12.1 Å². The van der Waals surface area contributed by atoms with Crippen molar-refractivity contribution in [2.75, 3.05) is 17.2 Å². The minimum absolute atomic E-state index is 0.0519. The average molecular weight is 336 g/mol. The van der Waals surface area contributed by atoms with Crippen molar-refractivity contribution in [1.29, 1.82) is 0 Å². The highest BCUT2D eigenvalue weighted by molar-refractivity contribution is 6.05. The number of para-hydroxylation sites is 2. The molecule has 7 heteroatoms. The van der Waals surface area contributed by atoms with Gasteiger partial charge < -0.3 is 14.6 Å². The molecule has 0 fully saturated rings. The molecule has 2 aromatic carbocycles. The molecule has 0 unspecified atom stereocenters. The highest BCUT2D eigenvalue weighted by Crippen LogP contribution is 2.29. The van der Waals surface area contributed by atoms with Crippen molar-refractivity contribution in [2.24, 2.45) is 0 Å². The molecule has 7 nitrogen and oxygen atoms in total. The van der Waals surface area contributed by atoms with Gasteiger partial charge in [-0.1, -0.05) is 12.1 Å². The molecule has 25 heavy (non-hydrogen) atoms. The van der Waals surface area contributed by atoms with Gasteiger partial charge in [0.15, 0.2) is 6.61 Å². The van der Waals surface area contributed by atoms with Crippen molar-refractivity contribution in [2.45, 2.75) is 13.5 Å². The Morgan fingerprint density at radius 1 is 1.32 bits per heavy atom. The molecule has 0 saturated carbocycles. The zero-order valence-electron chi connectivity index (χ0n) is 13.6. The Labute approximate surface area is 143 Å².